The van der Waals surface area contributed by atoms with Crippen LogP contribution in [0.5, 0.6) is 0 Å². The lowest BCUT2D eigenvalue weighted by Gasteiger charge is -2.07. The van der Waals surface area contributed by atoms with Gasteiger partial charge in [-0.15, -0.1) is 0 Å². The molecule has 1 atom stereocenters. The van der Waals surface area contributed by atoms with Gasteiger partial charge in [-0.1, -0.05) is 0 Å². The fourth-order valence-corrected chi connectivity index (χ4v) is 1.65. The van der Waals surface area contributed by atoms with Crippen LogP contribution in [-0.2, 0) is 16.9 Å². The Morgan fingerprint density at radius 1 is 1.62 bits per heavy atom. The van der Waals surface area contributed by atoms with Crippen molar-refractivity contribution in [1.29, 1.82) is 0 Å². The predicted octanol–water partition coefficient (Wildman–Crippen LogP) is 0.583. The standard InChI is InChI=1S/C6H11N3O2S2/c1-4(13(3,10)11)5-7-8-6(12)9(5)2/h4H,1-3H3,(H,8,12). The van der Waals surface area contributed by atoms with Crippen LogP contribution >= 0.6 is 12.2 Å². The van der Waals surface area contributed by atoms with Crippen LogP contribution in [0, 0.1) is 4.77 Å². The number of nitrogens with zero attached hydrogens (tertiary/aromatic N) is 2. The van der Waals surface area contributed by atoms with E-state index in [9.17, 15) is 8.42 Å². The first-order valence-electron chi connectivity index (χ1n) is 3.64. The van der Waals surface area contributed by atoms with E-state index in [4.69, 9.17) is 12.2 Å². The summed E-state index contributed by atoms with van der Waals surface area (Å²) in [7, 11) is -1.43. The molecule has 1 unspecified atom stereocenters. The Morgan fingerprint density at radius 3 is 2.46 bits per heavy atom. The zero-order chi connectivity index (χ0) is 10.2. The van der Waals surface area contributed by atoms with E-state index in [1.807, 2.05) is 0 Å². The van der Waals surface area contributed by atoms with E-state index in [2.05, 4.69) is 10.2 Å². The average molecular weight is 221 g/mol. The van der Waals surface area contributed by atoms with Crippen molar-refractivity contribution in [2.24, 2.45) is 7.05 Å². The molecule has 0 fully saturated rings. The van der Waals surface area contributed by atoms with Gasteiger partial charge in [0.15, 0.2) is 14.6 Å². The fraction of sp³-hybridized carbons (Fsp3) is 0.667. The molecule has 0 aliphatic rings. The summed E-state index contributed by atoms with van der Waals surface area (Å²) in [6.07, 6.45) is 1.18. The van der Waals surface area contributed by atoms with Gasteiger partial charge in [-0.25, -0.2) is 8.42 Å². The number of aromatic amines is 1. The molecule has 0 saturated carbocycles. The molecule has 1 rings (SSSR count). The lowest BCUT2D eigenvalue weighted by atomic mass is 10.4. The molecule has 0 amide bonds. The van der Waals surface area contributed by atoms with Crippen molar-refractivity contribution in [2.45, 2.75) is 12.2 Å². The number of H-pyrrole nitrogens is 1. The zero-order valence-corrected chi connectivity index (χ0v) is 9.24. The van der Waals surface area contributed by atoms with E-state index in [1.165, 1.54) is 6.26 Å². The van der Waals surface area contributed by atoms with Gasteiger partial charge in [0.2, 0.25) is 0 Å². The third-order valence-corrected chi connectivity index (χ3v) is 3.78. The van der Waals surface area contributed by atoms with Gasteiger partial charge < -0.3 is 4.57 Å². The minimum atomic E-state index is -3.11. The number of rotatable bonds is 2. The highest BCUT2D eigenvalue weighted by Gasteiger charge is 2.21. The monoisotopic (exact) mass is 221 g/mol. The van der Waals surface area contributed by atoms with Crippen LogP contribution in [0.1, 0.15) is 18.0 Å². The summed E-state index contributed by atoms with van der Waals surface area (Å²) >= 11 is 4.87. The Bertz CT molecular complexity index is 456. The molecule has 0 saturated heterocycles. The van der Waals surface area contributed by atoms with Gasteiger partial charge in [0, 0.05) is 13.3 Å². The van der Waals surface area contributed by atoms with Crippen molar-refractivity contribution < 1.29 is 8.42 Å². The molecular weight excluding hydrogens is 210 g/mol. The highest BCUT2D eigenvalue weighted by Crippen LogP contribution is 2.17. The molecule has 5 nitrogen and oxygen atoms in total. The Labute approximate surface area is 81.7 Å². The quantitative estimate of drug-likeness (QED) is 0.742. The second-order valence-electron chi connectivity index (χ2n) is 2.92. The number of aromatic nitrogens is 3. The minimum absolute atomic E-state index is 0.422. The number of hydrogen-bond donors (Lipinski definition) is 1. The van der Waals surface area contributed by atoms with Crippen molar-refractivity contribution in [3.05, 3.63) is 10.6 Å². The van der Waals surface area contributed by atoms with Crippen LogP contribution in [-0.4, -0.2) is 29.4 Å². The maximum Gasteiger partial charge on any atom is 0.194 e. The van der Waals surface area contributed by atoms with Gasteiger partial charge >= 0.3 is 0 Å². The molecule has 1 N–H and O–H groups in total. The molecule has 74 valence electrons. The summed E-state index contributed by atoms with van der Waals surface area (Å²) in [6.45, 7) is 1.58. The third kappa shape index (κ3) is 1.97. The van der Waals surface area contributed by atoms with Crippen LogP contribution in [0.2, 0.25) is 0 Å². The minimum Gasteiger partial charge on any atom is -0.306 e. The van der Waals surface area contributed by atoms with Gasteiger partial charge in [-0.3, -0.25) is 5.10 Å². The second-order valence-corrected chi connectivity index (χ2v) is 5.67. The SMILES string of the molecule is CC(c1n[nH]c(=S)n1C)S(C)(=O)=O. The van der Waals surface area contributed by atoms with E-state index in [1.54, 1.807) is 18.5 Å². The van der Waals surface area contributed by atoms with Crippen molar-refractivity contribution in [3.63, 3.8) is 0 Å². The highest BCUT2D eigenvalue weighted by molar-refractivity contribution is 7.90. The fourth-order valence-electron chi connectivity index (χ4n) is 0.914. The van der Waals surface area contributed by atoms with E-state index < -0.39 is 15.1 Å². The first-order chi connectivity index (χ1) is 5.84. The lowest BCUT2D eigenvalue weighted by molar-refractivity contribution is 0.586. The number of nitrogens with one attached hydrogen (secondary N) is 1. The van der Waals surface area contributed by atoms with Crippen molar-refractivity contribution in [1.82, 2.24) is 14.8 Å². The van der Waals surface area contributed by atoms with Gasteiger partial charge in [0.05, 0.1) is 0 Å². The Kier molecular flexibility index (Phi) is 2.58. The topological polar surface area (TPSA) is 67.8 Å². The highest BCUT2D eigenvalue weighted by atomic mass is 32.2. The van der Waals surface area contributed by atoms with Crippen LogP contribution in [0.3, 0.4) is 0 Å². The summed E-state index contributed by atoms with van der Waals surface area (Å²) < 4.78 is 24.4. The molecule has 0 aliphatic carbocycles. The van der Waals surface area contributed by atoms with Crippen LogP contribution in [0.4, 0.5) is 0 Å². The van der Waals surface area contributed by atoms with Crippen LogP contribution < -0.4 is 0 Å². The smallest absolute Gasteiger partial charge is 0.194 e. The predicted molar refractivity (Wildman–Crippen MR) is 51.7 cm³/mol. The molecule has 0 aliphatic heterocycles. The van der Waals surface area contributed by atoms with Crippen LogP contribution in [0.25, 0.3) is 0 Å². The van der Waals surface area contributed by atoms with Gasteiger partial charge in [0.1, 0.15) is 11.1 Å². The molecule has 1 aromatic rings. The Hall–Kier alpha value is -0.690. The summed E-state index contributed by atoms with van der Waals surface area (Å²) in [5.74, 6) is 0.438. The lowest BCUT2D eigenvalue weighted by Crippen LogP contribution is -2.12. The van der Waals surface area contributed by atoms with Crippen LogP contribution in [0.15, 0.2) is 0 Å². The van der Waals surface area contributed by atoms with Gasteiger partial charge in [-0.05, 0) is 19.1 Å². The first-order valence-corrected chi connectivity index (χ1v) is 6.00. The molecule has 1 aromatic heterocycles. The third-order valence-electron chi connectivity index (χ3n) is 1.92. The maximum absolute atomic E-state index is 11.2. The molecule has 0 aromatic carbocycles. The zero-order valence-electron chi connectivity index (χ0n) is 7.60. The van der Waals surface area contributed by atoms with E-state index >= 15 is 0 Å². The summed E-state index contributed by atoms with van der Waals surface area (Å²) in [5.41, 5.74) is 0. The van der Waals surface area contributed by atoms with E-state index in [-0.39, 0.29) is 0 Å². The molecule has 1 heterocycles. The number of sulfone groups is 1. The summed E-state index contributed by atoms with van der Waals surface area (Å²) in [4.78, 5) is 0. The average Bonchev–Trinajstić information content (AvgIpc) is 2.30. The number of hydrogen-bond acceptors (Lipinski definition) is 4. The Balaban J connectivity index is 3.25. The first kappa shape index (κ1) is 10.4. The van der Waals surface area contributed by atoms with Gasteiger partial charge in [-0.2, -0.15) is 5.10 Å². The molecular formula is C6H11N3O2S2. The maximum atomic E-state index is 11.2. The Morgan fingerprint density at radius 2 is 2.15 bits per heavy atom. The summed E-state index contributed by atoms with van der Waals surface area (Å²) in [6, 6.07) is 0. The molecule has 0 spiro atoms. The normalized spacial score (nSPS) is 14.4. The largest absolute Gasteiger partial charge is 0.306 e. The van der Waals surface area contributed by atoms with Crippen molar-refractivity contribution in [2.75, 3.05) is 6.26 Å². The summed E-state index contributed by atoms with van der Waals surface area (Å²) in [5, 5.41) is 5.76. The second kappa shape index (κ2) is 3.22. The van der Waals surface area contributed by atoms with E-state index in [0.29, 0.717) is 10.6 Å². The van der Waals surface area contributed by atoms with Crippen molar-refractivity contribution in [3.8, 4) is 0 Å². The van der Waals surface area contributed by atoms with Crippen molar-refractivity contribution >= 4 is 22.1 Å². The molecule has 7 heteroatoms. The van der Waals surface area contributed by atoms with E-state index in [0.717, 1.165) is 0 Å². The van der Waals surface area contributed by atoms with Gasteiger partial charge in [0.25, 0.3) is 0 Å². The molecule has 0 bridgehead atoms. The molecule has 0 radical (unpaired) electrons. The molecule has 13 heavy (non-hydrogen) atoms.